The molecular weight excluding hydrogens is 448 g/mol. The van der Waals surface area contributed by atoms with Crippen LogP contribution >= 0.6 is 11.3 Å². The Labute approximate surface area is 203 Å². The van der Waals surface area contributed by atoms with Gasteiger partial charge in [-0.3, -0.25) is 9.59 Å². The van der Waals surface area contributed by atoms with E-state index in [2.05, 4.69) is 10.6 Å². The minimum Gasteiger partial charge on any atom is -0.497 e. The van der Waals surface area contributed by atoms with E-state index < -0.39 is 5.60 Å². The average Bonchev–Trinajstić information content (AvgIpc) is 3.30. The van der Waals surface area contributed by atoms with Crippen LogP contribution in [0.1, 0.15) is 52.7 Å². The van der Waals surface area contributed by atoms with E-state index in [0.29, 0.717) is 23.5 Å². The lowest BCUT2D eigenvalue weighted by Gasteiger charge is -2.38. The van der Waals surface area contributed by atoms with Crippen LogP contribution < -0.4 is 20.1 Å². The van der Waals surface area contributed by atoms with E-state index >= 15 is 0 Å². The number of rotatable bonds is 6. The molecule has 0 saturated carbocycles. The average molecular weight is 477 g/mol. The number of amides is 2. The molecule has 0 unspecified atom stereocenters. The zero-order valence-corrected chi connectivity index (χ0v) is 20.5. The minimum absolute atomic E-state index is 0.190. The molecule has 2 N–H and O–H groups in total. The van der Waals surface area contributed by atoms with E-state index in [1.165, 1.54) is 11.3 Å². The van der Waals surface area contributed by atoms with Crippen LogP contribution in [0.15, 0.2) is 65.7 Å². The van der Waals surface area contributed by atoms with Crippen molar-refractivity contribution >= 4 is 29.2 Å². The molecule has 6 nitrogen and oxygen atoms in total. The van der Waals surface area contributed by atoms with Gasteiger partial charge in [0.05, 0.1) is 13.2 Å². The highest BCUT2D eigenvalue weighted by molar-refractivity contribution is 7.10. The van der Waals surface area contributed by atoms with E-state index in [1.807, 2.05) is 68.6 Å². The summed E-state index contributed by atoms with van der Waals surface area (Å²) in [6.45, 7) is 5.83. The summed E-state index contributed by atoms with van der Waals surface area (Å²) in [5, 5.41) is 7.87. The molecule has 1 aromatic heterocycles. The maximum atomic E-state index is 13.5. The van der Waals surface area contributed by atoms with Crippen LogP contribution in [-0.4, -0.2) is 24.5 Å². The largest absolute Gasteiger partial charge is 0.497 e. The van der Waals surface area contributed by atoms with Crippen LogP contribution in [0.2, 0.25) is 0 Å². The number of benzene rings is 2. The molecule has 0 bridgehead atoms. The van der Waals surface area contributed by atoms with Gasteiger partial charge in [0.15, 0.2) is 0 Å². The second-order valence-corrected chi connectivity index (χ2v) is 9.82. The Morgan fingerprint density at radius 1 is 1.15 bits per heavy atom. The normalized spacial score (nSPS) is 16.7. The van der Waals surface area contributed by atoms with Gasteiger partial charge in [-0.2, -0.15) is 0 Å². The number of fused-ring (bicyclic) bond motifs is 1. The first-order valence-corrected chi connectivity index (χ1v) is 11.9. The van der Waals surface area contributed by atoms with Crippen LogP contribution in [0, 0.1) is 6.92 Å². The van der Waals surface area contributed by atoms with Gasteiger partial charge >= 0.3 is 0 Å². The number of carbonyl (C=O) groups excluding carboxylic acids is 2. The third kappa shape index (κ3) is 5.31. The first-order chi connectivity index (χ1) is 16.3. The zero-order chi connectivity index (χ0) is 24.3. The SMILES string of the molecule is COc1ccc2c(c1)OC(C)(C)C[C@H]2NC(=O)/C(=C/c1cccs1)NC(=O)c1ccccc1C. The third-order valence-electron chi connectivity index (χ3n) is 5.70. The summed E-state index contributed by atoms with van der Waals surface area (Å²) in [7, 11) is 1.60. The molecule has 7 heteroatoms. The number of methoxy groups -OCH3 is 1. The van der Waals surface area contributed by atoms with Gasteiger partial charge in [0.2, 0.25) is 0 Å². The minimum atomic E-state index is -0.487. The van der Waals surface area contributed by atoms with E-state index in [-0.39, 0.29) is 23.6 Å². The summed E-state index contributed by atoms with van der Waals surface area (Å²) in [5.74, 6) is 0.673. The highest BCUT2D eigenvalue weighted by Gasteiger charge is 2.35. The predicted molar refractivity (Wildman–Crippen MR) is 134 cm³/mol. The van der Waals surface area contributed by atoms with Gasteiger partial charge in [-0.05, 0) is 62.1 Å². The van der Waals surface area contributed by atoms with Gasteiger partial charge in [0.25, 0.3) is 11.8 Å². The smallest absolute Gasteiger partial charge is 0.268 e. The lowest BCUT2D eigenvalue weighted by Crippen LogP contribution is -2.43. The number of hydrogen-bond acceptors (Lipinski definition) is 5. The lowest BCUT2D eigenvalue weighted by molar-refractivity contribution is -0.119. The van der Waals surface area contributed by atoms with Gasteiger partial charge in [-0.1, -0.05) is 24.3 Å². The first kappa shape index (κ1) is 23.6. The van der Waals surface area contributed by atoms with E-state index in [4.69, 9.17) is 9.47 Å². The Morgan fingerprint density at radius 2 is 1.94 bits per heavy atom. The van der Waals surface area contributed by atoms with Crippen molar-refractivity contribution in [2.24, 2.45) is 0 Å². The Hall–Kier alpha value is -3.58. The maximum Gasteiger partial charge on any atom is 0.268 e. The summed E-state index contributed by atoms with van der Waals surface area (Å²) in [4.78, 5) is 27.4. The summed E-state index contributed by atoms with van der Waals surface area (Å²) in [6.07, 6.45) is 2.28. The van der Waals surface area contributed by atoms with Crippen LogP contribution in [0.5, 0.6) is 11.5 Å². The quantitative estimate of drug-likeness (QED) is 0.476. The van der Waals surface area contributed by atoms with Crippen molar-refractivity contribution in [1.29, 1.82) is 0 Å². The van der Waals surface area contributed by atoms with Gasteiger partial charge < -0.3 is 20.1 Å². The fourth-order valence-corrected chi connectivity index (χ4v) is 4.67. The fraction of sp³-hybridized carbons (Fsp3) is 0.259. The van der Waals surface area contributed by atoms with Crippen molar-refractivity contribution in [2.45, 2.75) is 38.8 Å². The van der Waals surface area contributed by atoms with Crippen molar-refractivity contribution in [3.63, 3.8) is 0 Å². The van der Waals surface area contributed by atoms with Crippen LogP contribution in [0.25, 0.3) is 6.08 Å². The summed E-state index contributed by atoms with van der Waals surface area (Å²) in [5.41, 5.74) is 1.94. The molecule has 34 heavy (non-hydrogen) atoms. The second-order valence-electron chi connectivity index (χ2n) is 8.84. The summed E-state index contributed by atoms with van der Waals surface area (Å²) in [6, 6.07) is 16.4. The Bertz CT molecular complexity index is 1230. The topological polar surface area (TPSA) is 76.7 Å². The number of thiophene rings is 1. The molecule has 0 fully saturated rings. The molecule has 1 aliphatic rings. The van der Waals surface area contributed by atoms with Gasteiger partial charge in [0.1, 0.15) is 22.8 Å². The number of nitrogens with one attached hydrogen (secondary N) is 2. The molecule has 0 spiro atoms. The molecule has 0 saturated heterocycles. The lowest BCUT2D eigenvalue weighted by atomic mass is 9.89. The van der Waals surface area contributed by atoms with Crippen molar-refractivity contribution in [2.75, 3.05) is 7.11 Å². The van der Waals surface area contributed by atoms with Crippen LogP contribution in [0.4, 0.5) is 0 Å². The summed E-state index contributed by atoms with van der Waals surface area (Å²) < 4.78 is 11.5. The van der Waals surface area contributed by atoms with Gasteiger partial charge in [-0.15, -0.1) is 11.3 Å². The Balaban J connectivity index is 1.62. The van der Waals surface area contributed by atoms with E-state index in [1.54, 1.807) is 25.3 Å². The molecule has 2 amide bonds. The standard InChI is InChI=1S/C27H28N2O4S/c1-17-8-5-6-10-20(17)25(30)28-22(15-19-9-7-13-34-19)26(31)29-23-16-27(2,3)33-24-14-18(32-4)11-12-21(23)24/h5-15,23H,16H2,1-4H3,(H,28,30)(H,29,31)/b22-15-/t23-/m1/s1. The fourth-order valence-electron chi connectivity index (χ4n) is 4.01. The zero-order valence-electron chi connectivity index (χ0n) is 19.7. The van der Waals surface area contributed by atoms with Crippen molar-refractivity contribution in [3.8, 4) is 11.5 Å². The molecule has 1 atom stereocenters. The Kier molecular flexibility index (Phi) is 6.75. The maximum absolute atomic E-state index is 13.5. The van der Waals surface area contributed by atoms with Crippen LogP contribution in [0.3, 0.4) is 0 Å². The molecular formula is C27H28N2O4S. The molecule has 0 aliphatic carbocycles. The van der Waals surface area contributed by atoms with E-state index in [9.17, 15) is 9.59 Å². The van der Waals surface area contributed by atoms with Crippen molar-refractivity contribution < 1.29 is 19.1 Å². The molecule has 1 aliphatic heterocycles. The third-order valence-corrected chi connectivity index (χ3v) is 6.52. The van der Waals surface area contributed by atoms with Crippen molar-refractivity contribution in [1.82, 2.24) is 10.6 Å². The number of ether oxygens (including phenoxy) is 2. The summed E-state index contributed by atoms with van der Waals surface area (Å²) >= 11 is 1.49. The first-order valence-electron chi connectivity index (χ1n) is 11.1. The molecule has 4 rings (SSSR count). The number of carbonyl (C=O) groups is 2. The van der Waals surface area contributed by atoms with Gasteiger partial charge in [0, 0.05) is 28.5 Å². The highest BCUT2D eigenvalue weighted by atomic mass is 32.1. The molecule has 0 radical (unpaired) electrons. The van der Waals surface area contributed by atoms with Gasteiger partial charge in [-0.25, -0.2) is 0 Å². The highest BCUT2D eigenvalue weighted by Crippen LogP contribution is 2.41. The monoisotopic (exact) mass is 476 g/mol. The predicted octanol–water partition coefficient (Wildman–Crippen LogP) is 5.25. The number of hydrogen-bond donors (Lipinski definition) is 2. The van der Waals surface area contributed by atoms with Crippen LogP contribution in [-0.2, 0) is 4.79 Å². The second kappa shape index (κ2) is 9.73. The molecule has 2 heterocycles. The molecule has 3 aromatic rings. The molecule has 2 aromatic carbocycles. The van der Waals surface area contributed by atoms with Crippen molar-refractivity contribution in [3.05, 3.63) is 87.2 Å². The molecule has 176 valence electrons. The van der Waals surface area contributed by atoms with E-state index in [0.717, 1.165) is 16.0 Å². The Morgan fingerprint density at radius 3 is 2.65 bits per heavy atom. The number of aryl methyl sites for hydroxylation is 1.